The molecule has 1 aromatic rings. The average molecular weight is 434 g/mol. The summed E-state index contributed by atoms with van der Waals surface area (Å²) in [5.74, 6) is -4.57. The van der Waals surface area contributed by atoms with Gasteiger partial charge in [-0.2, -0.15) is 26.3 Å². The molecule has 1 aliphatic heterocycles. The lowest BCUT2D eigenvalue weighted by Crippen LogP contribution is -2.42. The van der Waals surface area contributed by atoms with Crippen LogP contribution in [0.3, 0.4) is 0 Å². The van der Waals surface area contributed by atoms with E-state index in [2.05, 4.69) is 28.4 Å². The van der Waals surface area contributed by atoms with Crippen LogP contribution in [0, 0.1) is 0 Å². The molecule has 1 fully saturated rings. The Morgan fingerprint density at radius 3 is 1.86 bits per heavy atom. The normalized spacial score (nSPS) is 14.6. The highest BCUT2D eigenvalue weighted by atomic mass is 19.4. The summed E-state index contributed by atoms with van der Waals surface area (Å²) in [4.78, 5) is 20.3. The summed E-state index contributed by atoms with van der Waals surface area (Å²) in [5.41, 5.74) is 1.33. The summed E-state index contributed by atoms with van der Waals surface area (Å²) in [6.45, 7) is 5.50. The molecule has 0 aromatic heterocycles. The van der Waals surface area contributed by atoms with Gasteiger partial charge in [-0.1, -0.05) is 12.1 Å². The Hall–Kier alpha value is -2.54. The third kappa shape index (κ3) is 12.5. The van der Waals surface area contributed by atoms with Crippen molar-refractivity contribution >= 4 is 11.9 Å². The van der Waals surface area contributed by atoms with Crippen molar-refractivity contribution in [3.05, 3.63) is 29.8 Å². The van der Waals surface area contributed by atoms with Gasteiger partial charge in [-0.25, -0.2) is 9.59 Å². The van der Waals surface area contributed by atoms with E-state index in [9.17, 15) is 26.3 Å². The standard InChI is InChI=1S/C12H18N2O.2C2HF3O2/c1-15-12-4-2-3-11(9-12)10-14-7-5-13-6-8-14;2*3-2(4,5)1(6)7/h2-4,9,13H,5-8,10H2,1H3;2*(H,6,7). The molecular weight excluding hydrogens is 414 g/mol. The topological polar surface area (TPSA) is 99.1 Å². The summed E-state index contributed by atoms with van der Waals surface area (Å²) in [6.07, 6.45) is -10.2. The maximum absolute atomic E-state index is 10.6. The minimum atomic E-state index is -5.08. The van der Waals surface area contributed by atoms with Crippen LogP contribution in [0.2, 0.25) is 0 Å². The van der Waals surface area contributed by atoms with Crippen LogP contribution < -0.4 is 10.1 Å². The number of alkyl halides is 6. The van der Waals surface area contributed by atoms with Crippen LogP contribution in [0.15, 0.2) is 24.3 Å². The van der Waals surface area contributed by atoms with Crippen molar-refractivity contribution in [1.29, 1.82) is 0 Å². The summed E-state index contributed by atoms with van der Waals surface area (Å²) >= 11 is 0. The number of ether oxygens (including phenoxy) is 1. The first-order valence-corrected chi connectivity index (χ1v) is 7.93. The fourth-order valence-corrected chi connectivity index (χ4v) is 1.90. The number of piperazine rings is 1. The minimum absolute atomic E-state index is 0.947. The van der Waals surface area contributed by atoms with Crippen molar-refractivity contribution < 1.29 is 50.9 Å². The zero-order valence-corrected chi connectivity index (χ0v) is 15.2. The minimum Gasteiger partial charge on any atom is -0.497 e. The fraction of sp³-hybridized carbons (Fsp3) is 0.500. The number of aliphatic carboxylic acids is 2. The second-order valence-electron chi connectivity index (χ2n) is 5.48. The van der Waals surface area contributed by atoms with Gasteiger partial charge in [0.15, 0.2) is 0 Å². The molecule has 0 bridgehead atoms. The molecule has 7 nitrogen and oxygen atoms in total. The van der Waals surface area contributed by atoms with Gasteiger partial charge in [0.25, 0.3) is 0 Å². The fourth-order valence-electron chi connectivity index (χ4n) is 1.90. The molecule has 1 aromatic carbocycles. The number of nitrogens with zero attached hydrogens (tertiary/aromatic N) is 1. The van der Waals surface area contributed by atoms with Crippen LogP contribution in [0.1, 0.15) is 5.56 Å². The molecule has 0 spiro atoms. The zero-order chi connectivity index (χ0) is 22.7. The Morgan fingerprint density at radius 1 is 1.03 bits per heavy atom. The molecule has 1 aliphatic rings. The molecule has 1 saturated heterocycles. The highest BCUT2D eigenvalue weighted by molar-refractivity contribution is 5.73. The molecule has 0 radical (unpaired) electrons. The molecule has 166 valence electrons. The van der Waals surface area contributed by atoms with Crippen molar-refractivity contribution in [2.75, 3.05) is 33.3 Å². The highest BCUT2D eigenvalue weighted by Gasteiger charge is 2.38. The molecule has 0 amide bonds. The molecule has 1 heterocycles. The van der Waals surface area contributed by atoms with Crippen molar-refractivity contribution in [2.24, 2.45) is 0 Å². The highest BCUT2D eigenvalue weighted by Crippen LogP contribution is 2.15. The number of hydrogen-bond donors (Lipinski definition) is 3. The lowest BCUT2D eigenvalue weighted by atomic mass is 10.2. The number of hydrogen-bond acceptors (Lipinski definition) is 5. The van der Waals surface area contributed by atoms with Crippen molar-refractivity contribution in [1.82, 2.24) is 10.2 Å². The zero-order valence-electron chi connectivity index (χ0n) is 15.2. The van der Waals surface area contributed by atoms with E-state index < -0.39 is 24.3 Å². The molecule has 3 N–H and O–H groups in total. The van der Waals surface area contributed by atoms with Gasteiger partial charge in [0, 0.05) is 32.7 Å². The lowest BCUT2D eigenvalue weighted by Gasteiger charge is -2.27. The quantitative estimate of drug-likeness (QED) is 0.629. The van der Waals surface area contributed by atoms with Crippen LogP contribution in [-0.4, -0.2) is 72.7 Å². The molecule has 29 heavy (non-hydrogen) atoms. The van der Waals surface area contributed by atoms with Crippen LogP contribution in [0.5, 0.6) is 5.75 Å². The van der Waals surface area contributed by atoms with E-state index >= 15 is 0 Å². The Labute approximate surface area is 161 Å². The van der Waals surface area contributed by atoms with Gasteiger partial charge in [-0.05, 0) is 17.7 Å². The Morgan fingerprint density at radius 2 is 1.48 bits per heavy atom. The Bertz CT molecular complexity index is 621. The van der Waals surface area contributed by atoms with Gasteiger partial charge in [-0.15, -0.1) is 0 Å². The van der Waals surface area contributed by atoms with Gasteiger partial charge in [0.1, 0.15) is 5.75 Å². The first-order valence-electron chi connectivity index (χ1n) is 7.93. The maximum Gasteiger partial charge on any atom is 0.490 e. The lowest BCUT2D eigenvalue weighted by molar-refractivity contribution is -0.193. The summed E-state index contributed by atoms with van der Waals surface area (Å²) < 4.78 is 68.7. The number of carboxylic acid groups (broad SMARTS) is 2. The number of carbonyl (C=O) groups is 2. The molecule has 13 heteroatoms. The van der Waals surface area contributed by atoms with Gasteiger partial charge < -0.3 is 20.3 Å². The van der Waals surface area contributed by atoms with E-state index in [4.69, 9.17) is 24.5 Å². The third-order valence-corrected chi connectivity index (χ3v) is 3.23. The molecule has 0 unspecified atom stereocenters. The van der Waals surface area contributed by atoms with E-state index in [-0.39, 0.29) is 0 Å². The Kier molecular flexibility index (Phi) is 11.1. The van der Waals surface area contributed by atoms with Crippen molar-refractivity contribution in [3.8, 4) is 5.75 Å². The maximum atomic E-state index is 10.6. The van der Waals surface area contributed by atoms with E-state index in [1.807, 2.05) is 6.07 Å². The summed E-state index contributed by atoms with van der Waals surface area (Å²) in [6, 6.07) is 8.31. The second kappa shape index (κ2) is 12.1. The predicted octanol–water partition coefficient (Wildman–Crippen LogP) is 2.37. The number of benzene rings is 1. The molecule has 0 atom stereocenters. The smallest absolute Gasteiger partial charge is 0.490 e. The number of halogens is 6. The van der Waals surface area contributed by atoms with E-state index in [0.717, 1.165) is 38.5 Å². The summed E-state index contributed by atoms with van der Waals surface area (Å²) in [5, 5.41) is 17.6. The van der Waals surface area contributed by atoms with Crippen molar-refractivity contribution in [2.45, 2.75) is 18.9 Å². The number of carboxylic acids is 2. The SMILES string of the molecule is COc1cccc(CN2CCNCC2)c1.O=C(O)C(F)(F)F.O=C(O)C(F)(F)F. The second-order valence-corrected chi connectivity index (χ2v) is 5.48. The first-order chi connectivity index (χ1) is 13.3. The molecule has 0 saturated carbocycles. The van der Waals surface area contributed by atoms with Gasteiger partial charge in [0.2, 0.25) is 0 Å². The third-order valence-electron chi connectivity index (χ3n) is 3.23. The molecule has 0 aliphatic carbocycles. The number of nitrogens with one attached hydrogen (secondary N) is 1. The molecule has 2 rings (SSSR count). The van der Waals surface area contributed by atoms with Crippen LogP contribution in [-0.2, 0) is 16.1 Å². The van der Waals surface area contributed by atoms with Gasteiger partial charge >= 0.3 is 24.3 Å². The summed E-state index contributed by atoms with van der Waals surface area (Å²) in [7, 11) is 1.71. The number of rotatable bonds is 3. The van der Waals surface area contributed by atoms with Crippen LogP contribution in [0.25, 0.3) is 0 Å². The average Bonchev–Trinajstić information content (AvgIpc) is 2.62. The van der Waals surface area contributed by atoms with Gasteiger partial charge in [-0.3, -0.25) is 4.90 Å². The van der Waals surface area contributed by atoms with Crippen molar-refractivity contribution in [3.63, 3.8) is 0 Å². The Balaban J connectivity index is 0.000000473. The van der Waals surface area contributed by atoms with Crippen LogP contribution in [0.4, 0.5) is 26.3 Å². The molecular formula is C16H20F6N2O5. The first kappa shape index (κ1) is 26.5. The van der Waals surface area contributed by atoms with Gasteiger partial charge in [0.05, 0.1) is 7.11 Å². The van der Waals surface area contributed by atoms with Crippen LogP contribution >= 0.6 is 0 Å². The predicted molar refractivity (Wildman–Crippen MR) is 88.5 cm³/mol. The van der Waals surface area contributed by atoms with E-state index in [1.54, 1.807) is 7.11 Å². The number of methoxy groups -OCH3 is 1. The largest absolute Gasteiger partial charge is 0.497 e. The van der Waals surface area contributed by atoms with E-state index in [1.165, 1.54) is 5.56 Å². The van der Waals surface area contributed by atoms with E-state index in [0.29, 0.717) is 0 Å². The monoisotopic (exact) mass is 434 g/mol.